The molecule has 6 atom stereocenters. The number of unbranched alkanes of at least 4 members (excludes halogenated alkanes) is 5. The minimum atomic E-state index is -3.01. The minimum absolute atomic E-state index is 0.00864. The van der Waals surface area contributed by atoms with E-state index in [1.807, 2.05) is 0 Å². The fourth-order valence-electron chi connectivity index (χ4n) is 10.3. The Hall–Kier alpha value is -5.65. The smallest absolute Gasteiger partial charge is 0.255 e. The van der Waals surface area contributed by atoms with E-state index < -0.39 is 88.7 Å². The lowest BCUT2D eigenvalue weighted by atomic mass is 9.54. The standard InChI is InChI=1S/C50H56N3O9P/c1-4-53(3)42-41-45(57)37-30(2)34-27-28-35(43(55)38(34)44(56)39(37)47(59)50(41,62)48(60)40(46(42)58)49(51)61)52-36(54)26-18-7-5-6-8-19-29-63(31-20-12-9-13-21-31,32-22-14-10-15-23-32)33-24-16-11-17-25-33/h9-17,20-25,27-28,30,37,41-42,45,57,62H,4-8,18-19,26,29H2,1-3H3,(H5-,51,52,54,55,56,58,59,60,61)/p+1/t30-,37+,41+,42-,45-,50-/m0/s1. The van der Waals surface area contributed by atoms with Gasteiger partial charge in [0.15, 0.2) is 11.4 Å². The van der Waals surface area contributed by atoms with E-state index in [0.29, 0.717) is 12.0 Å². The van der Waals surface area contributed by atoms with Crippen molar-refractivity contribution in [3.8, 4) is 5.75 Å². The van der Waals surface area contributed by atoms with Gasteiger partial charge in [-0.1, -0.05) is 93.8 Å². The first-order chi connectivity index (χ1) is 30.2. The van der Waals surface area contributed by atoms with E-state index in [1.54, 1.807) is 19.9 Å². The van der Waals surface area contributed by atoms with Gasteiger partial charge in [-0.2, -0.15) is 0 Å². The summed E-state index contributed by atoms with van der Waals surface area (Å²) in [5, 5.41) is 65.2. The van der Waals surface area contributed by atoms with Crippen LogP contribution in [-0.4, -0.2) is 91.3 Å². The number of amides is 2. The zero-order chi connectivity index (χ0) is 45.2. The average Bonchev–Trinajstić information content (AvgIpc) is 3.28. The number of fused-ring (bicyclic) bond motifs is 3. The van der Waals surface area contributed by atoms with Crippen LogP contribution in [0.3, 0.4) is 0 Å². The highest BCUT2D eigenvalue weighted by Gasteiger charge is 2.68. The van der Waals surface area contributed by atoms with E-state index in [2.05, 4.69) is 96.3 Å². The summed E-state index contributed by atoms with van der Waals surface area (Å²) < 4.78 is 0. The van der Waals surface area contributed by atoms with Crippen molar-refractivity contribution in [1.29, 1.82) is 0 Å². The molecule has 1 saturated carbocycles. The number of nitrogens with zero attached hydrogens (tertiary/aromatic N) is 1. The number of carbonyl (C=O) groups excluding carboxylic acids is 4. The average molecular weight is 875 g/mol. The number of anilines is 1. The van der Waals surface area contributed by atoms with E-state index in [-0.39, 0.29) is 30.1 Å². The third-order valence-electron chi connectivity index (χ3n) is 13.6. The number of nitrogens with two attached hydrogens (primary N) is 1. The summed E-state index contributed by atoms with van der Waals surface area (Å²) in [7, 11) is -0.381. The van der Waals surface area contributed by atoms with Crippen LogP contribution in [0.5, 0.6) is 5.75 Å². The number of Topliss-reactive ketones (excluding diaryl/α,β-unsaturated/α-hetero) is 2. The Morgan fingerprint density at radius 1 is 0.794 bits per heavy atom. The lowest BCUT2D eigenvalue weighted by Gasteiger charge is -2.54. The van der Waals surface area contributed by atoms with E-state index in [4.69, 9.17) is 5.73 Å². The predicted octanol–water partition coefficient (Wildman–Crippen LogP) is 5.55. The molecule has 4 aromatic rings. The molecule has 4 aromatic carbocycles. The quantitative estimate of drug-likeness (QED) is 0.0323. The second kappa shape index (κ2) is 18.6. The molecule has 0 unspecified atom stereocenters. The molecule has 0 heterocycles. The van der Waals surface area contributed by atoms with Crippen LogP contribution in [0.1, 0.15) is 75.8 Å². The van der Waals surface area contributed by atoms with Gasteiger partial charge in [-0.15, -0.1) is 0 Å². The SMILES string of the molecule is CCN(C)[C@@H]1C(=O)C(C(N)=O)=C(O)[C@@]2(O)C(=O)C3=C(O)c4c(ccc(NC(=O)CCCCCCCC[P+](c5ccccc5)(c5ccccc5)c5ccccc5)c4O)[C@H](C)[C@H]3[C@H](O)[C@@H]12. The number of aromatic hydroxyl groups is 1. The summed E-state index contributed by atoms with van der Waals surface area (Å²) in [6.07, 6.45) is 5.07. The number of aliphatic hydroxyl groups excluding tert-OH is 3. The lowest BCUT2D eigenvalue weighted by Crippen LogP contribution is -2.70. The number of rotatable bonds is 16. The third kappa shape index (κ3) is 7.88. The minimum Gasteiger partial charge on any atom is -0.508 e. The number of primary amides is 1. The number of phenolic OH excluding ortho intramolecular Hbond substituents is 1. The molecule has 1 fully saturated rings. The summed E-state index contributed by atoms with van der Waals surface area (Å²) in [6, 6.07) is 34.1. The molecule has 0 radical (unpaired) electrons. The van der Waals surface area contributed by atoms with Crippen molar-refractivity contribution in [3.63, 3.8) is 0 Å². The maximum absolute atomic E-state index is 14.4. The molecule has 7 rings (SSSR count). The number of phenols is 1. The molecule has 8 N–H and O–H groups in total. The number of ketones is 2. The third-order valence-corrected chi connectivity index (χ3v) is 18.1. The molecule has 0 saturated heterocycles. The molecule has 330 valence electrons. The molecule has 0 aliphatic heterocycles. The number of nitrogens with one attached hydrogen (secondary N) is 1. The molecular formula is C50H57N3O9P+. The molecule has 12 nitrogen and oxygen atoms in total. The monoisotopic (exact) mass is 874 g/mol. The highest BCUT2D eigenvalue weighted by atomic mass is 31.2. The second-order valence-corrected chi connectivity index (χ2v) is 20.7. The maximum atomic E-state index is 14.4. The Morgan fingerprint density at radius 3 is 1.84 bits per heavy atom. The number of likely N-dealkylation sites (N-methyl/N-ethyl adjacent to an activating group) is 1. The van der Waals surface area contributed by atoms with Gasteiger partial charge in [-0.3, -0.25) is 24.1 Å². The van der Waals surface area contributed by atoms with Crippen molar-refractivity contribution in [2.24, 2.45) is 17.6 Å². The number of carbonyl (C=O) groups is 4. The van der Waals surface area contributed by atoms with Gasteiger partial charge in [0.1, 0.15) is 46.0 Å². The van der Waals surface area contributed by atoms with E-state index in [1.165, 1.54) is 33.9 Å². The second-order valence-electron chi connectivity index (χ2n) is 17.0. The normalized spacial score (nSPS) is 23.3. The van der Waals surface area contributed by atoms with Gasteiger partial charge in [0.25, 0.3) is 5.91 Å². The number of hydrogen-bond donors (Lipinski definition) is 7. The first-order valence-corrected chi connectivity index (χ1v) is 23.8. The van der Waals surface area contributed by atoms with Crippen molar-refractivity contribution in [1.82, 2.24) is 4.90 Å². The molecule has 3 aliphatic rings. The summed E-state index contributed by atoms with van der Waals surface area (Å²) >= 11 is 0. The van der Waals surface area contributed by atoms with E-state index >= 15 is 0 Å². The first kappa shape index (κ1) is 45.4. The van der Waals surface area contributed by atoms with Gasteiger partial charge < -0.3 is 36.6 Å². The van der Waals surface area contributed by atoms with Crippen molar-refractivity contribution < 1.29 is 44.7 Å². The van der Waals surface area contributed by atoms with Crippen LogP contribution in [0, 0.1) is 11.8 Å². The predicted molar refractivity (Wildman–Crippen MR) is 246 cm³/mol. The van der Waals surface area contributed by atoms with Crippen LogP contribution in [0.25, 0.3) is 5.76 Å². The van der Waals surface area contributed by atoms with E-state index in [9.17, 15) is 44.7 Å². The Morgan fingerprint density at radius 2 is 1.32 bits per heavy atom. The summed E-state index contributed by atoms with van der Waals surface area (Å²) in [4.78, 5) is 55.0. The number of hydrogen-bond acceptors (Lipinski definition) is 10. The van der Waals surface area contributed by atoms with Gasteiger partial charge >= 0.3 is 0 Å². The molecule has 2 amide bonds. The highest BCUT2D eigenvalue weighted by Crippen LogP contribution is 2.58. The topological polar surface area (TPSA) is 211 Å². The van der Waals surface area contributed by atoms with Gasteiger partial charge in [0.2, 0.25) is 11.7 Å². The Bertz CT molecular complexity index is 2340. The molecular weight excluding hydrogens is 818 g/mol. The van der Waals surface area contributed by atoms with E-state index in [0.717, 1.165) is 38.3 Å². The van der Waals surface area contributed by atoms with Gasteiger partial charge in [-0.05, 0) is 86.8 Å². The first-order valence-electron chi connectivity index (χ1n) is 21.8. The van der Waals surface area contributed by atoms with Crippen LogP contribution in [0.2, 0.25) is 0 Å². The van der Waals surface area contributed by atoms with Crippen molar-refractivity contribution >= 4 is 58.0 Å². The summed E-state index contributed by atoms with van der Waals surface area (Å²) in [5.41, 5.74) is 1.14. The molecule has 0 aromatic heterocycles. The fraction of sp³-hybridized carbons (Fsp3) is 0.360. The molecule has 63 heavy (non-hydrogen) atoms. The van der Waals surface area contributed by atoms with Gasteiger partial charge in [0.05, 0.1) is 35.5 Å². The van der Waals surface area contributed by atoms with Crippen molar-refractivity contribution in [2.75, 3.05) is 25.1 Å². The lowest BCUT2D eigenvalue weighted by molar-refractivity contribution is -0.170. The maximum Gasteiger partial charge on any atom is 0.255 e. The number of aliphatic hydroxyl groups is 4. The van der Waals surface area contributed by atoms with Crippen molar-refractivity contribution in [2.45, 2.75) is 82.5 Å². The zero-order valence-corrected chi connectivity index (χ0v) is 36.8. The molecule has 3 aliphatic carbocycles. The molecule has 0 bridgehead atoms. The molecule has 13 heteroatoms. The van der Waals surface area contributed by atoms with Gasteiger partial charge in [0, 0.05) is 17.9 Å². The zero-order valence-electron chi connectivity index (χ0n) is 35.9. The number of benzene rings is 4. The highest BCUT2D eigenvalue weighted by molar-refractivity contribution is 7.95. The summed E-state index contributed by atoms with van der Waals surface area (Å²) in [5.74, 6) is -10.1. The van der Waals surface area contributed by atoms with Crippen LogP contribution in [0.4, 0.5) is 5.69 Å². The van der Waals surface area contributed by atoms with Crippen LogP contribution >= 0.6 is 7.26 Å². The molecule has 0 spiro atoms. The van der Waals surface area contributed by atoms with Crippen LogP contribution in [0.15, 0.2) is 120 Å². The van der Waals surface area contributed by atoms with Crippen molar-refractivity contribution in [3.05, 3.63) is 131 Å². The van der Waals surface area contributed by atoms with Gasteiger partial charge in [-0.25, -0.2) is 0 Å². The van der Waals surface area contributed by atoms with Crippen LogP contribution in [-0.2, 0) is 19.2 Å². The Kier molecular flexibility index (Phi) is 13.4. The largest absolute Gasteiger partial charge is 0.508 e. The summed E-state index contributed by atoms with van der Waals surface area (Å²) in [6.45, 7) is 3.56. The Labute approximate surface area is 368 Å². The Balaban J connectivity index is 1.01. The van der Waals surface area contributed by atoms with Crippen LogP contribution < -0.4 is 27.0 Å². The fourth-order valence-corrected chi connectivity index (χ4v) is 14.7.